The Labute approximate surface area is 218 Å². The molecule has 1 heterocycles. The van der Waals surface area contributed by atoms with Gasteiger partial charge in [-0.3, -0.25) is 9.59 Å². The lowest BCUT2D eigenvalue weighted by atomic mass is 9.86. The number of amides is 1. The number of hydrogen-bond acceptors (Lipinski definition) is 6. The molecule has 1 aliphatic heterocycles. The largest absolute Gasteiger partial charge is 0.461 e. The summed E-state index contributed by atoms with van der Waals surface area (Å²) in [4.78, 5) is 35.9. The molecule has 0 spiro atoms. The topological polar surface area (TPSA) is 81.7 Å². The van der Waals surface area contributed by atoms with Crippen molar-refractivity contribution in [2.24, 2.45) is 5.92 Å². The van der Waals surface area contributed by atoms with Gasteiger partial charge in [0.05, 0.1) is 5.92 Å². The first-order valence-corrected chi connectivity index (χ1v) is 15.6. The second kappa shape index (κ2) is 20.9. The van der Waals surface area contributed by atoms with Crippen molar-refractivity contribution in [1.29, 1.82) is 0 Å². The van der Waals surface area contributed by atoms with E-state index in [2.05, 4.69) is 19.2 Å². The fraction of sp³-hybridized carbons (Fsp3) is 0.893. The first-order chi connectivity index (χ1) is 17.1. The van der Waals surface area contributed by atoms with Crippen molar-refractivity contribution in [3.63, 3.8) is 0 Å². The number of carbonyl (C=O) groups excluding carboxylic acids is 3. The number of cyclic esters (lactones) is 1. The number of hydrogen-bond donors (Lipinski definition) is 1. The fourth-order valence-electron chi connectivity index (χ4n) is 4.71. The summed E-state index contributed by atoms with van der Waals surface area (Å²) in [5, 5.41) is 2.61. The normalized spacial score (nSPS) is 18.9. The summed E-state index contributed by atoms with van der Waals surface area (Å²) in [7, 11) is 0. The van der Waals surface area contributed by atoms with Crippen molar-refractivity contribution < 1.29 is 23.9 Å². The standard InChI is InChI=1S/C28H51NO5S/c1-4-6-8-10-11-12-13-14-15-17-23(33-28(32)25(29-22-30)19-20-35-3)21-26-24(27(31)34-26)18-16-9-7-5-2/h22-26H,4-21H2,1-3H3,(H,29,30). The van der Waals surface area contributed by atoms with Crippen molar-refractivity contribution >= 4 is 30.1 Å². The predicted octanol–water partition coefficient (Wildman–Crippen LogP) is 6.59. The summed E-state index contributed by atoms with van der Waals surface area (Å²) in [5.74, 6) is 0.206. The molecular formula is C28H51NO5S. The lowest BCUT2D eigenvalue weighted by Gasteiger charge is -2.37. The highest BCUT2D eigenvalue weighted by Crippen LogP contribution is 2.32. The van der Waals surface area contributed by atoms with Gasteiger partial charge in [0.1, 0.15) is 18.2 Å². The Bertz CT molecular complexity index is 574. The maximum absolute atomic E-state index is 12.8. The molecule has 0 aromatic carbocycles. The van der Waals surface area contributed by atoms with Crippen LogP contribution in [0.15, 0.2) is 0 Å². The summed E-state index contributed by atoms with van der Waals surface area (Å²) in [6, 6.07) is -0.626. The molecule has 1 amide bonds. The van der Waals surface area contributed by atoms with Gasteiger partial charge in [-0.05, 0) is 37.7 Å². The first kappa shape index (κ1) is 31.8. The van der Waals surface area contributed by atoms with Crippen LogP contribution in [0.2, 0.25) is 0 Å². The van der Waals surface area contributed by atoms with Gasteiger partial charge >= 0.3 is 11.9 Å². The molecule has 0 saturated carbocycles. The van der Waals surface area contributed by atoms with Crippen LogP contribution in [-0.4, -0.2) is 48.6 Å². The lowest BCUT2D eigenvalue weighted by molar-refractivity contribution is -0.190. The molecule has 0 aromatic rings. The molecule has 0 aromatic heterocycles. The van der Waals surface area contributed by atoms with Crippen molar-refractivity contribution in [2.75, 3.05) is 12.0 Å². The van der Waals surface area contributed by atoms with E-state index in [9.17, 15) is 14.4 Å². The number of unbranched alkanes of at least 4 members (excludes halogenated alkanes) is 11. The van der Waals surface area contributed by atoms with E-state index in [0.717, 1.165) is 44.3 Å². The first-order valence-electron chi connectivity index (χ1n) is 14.2. The molecule has 1 rings (SSSR count). The minimum atomic E-state index is -0.626. The van der Waals surface area contributed by atoms with Crippen molar-refractivity contribution in [1.82, 2.24) is 5.32 Å². The maximum Gasteiger partial charge on any atom is 0.328 e. The van der Waals surface area contributed by atoms with E-state index < -0.39 is 6.04 Å². The molecule has 35 heavy (non-hydrogen) atoms. The van der Waals surface area contributed by atoms with Crippen molar-refractivity contribution in [2.45, 2.75) is 141 Å². The summed E-state index contributed by atoms with van der Waals surface area (Å²) >= 11 is 1.63. The average molecular weight is 514 g/mol. The lowest BCUT2D eigenvalue weighted by Crippen LogP contribution is -2.48. The van der Waals surface area contributed by atoms with E-state index in [1.54, 1.807) is 11.8 Å². The van der Waals surface area contributed by atoms with E-state index in [-0.39, 0.29) is 30.1 Å². The number of ether oxygens (including phenoxy) is 2. The van der Waals surface area contributed by atoms with Crippen LogP contribution >= 0.6 is 11.8 Å². The van der Waals surface area contributed by atoms with Gasteiger partial charge in [-0.25, -0.2) is 4.79 Å². The van der Waals surface area contributed by atoms with Crippen LogP contribution in [0.1, 0.15) is 123 Å². The fourth-order valence-corrected chi connectivity index (χ4v) is 5.18. The Balaban J connectivity index is 2.56. The molecular weight excluding hydrogens is 462 g/mol. The number of thioether (sulfide) groups is 1. The van der Waals surface area contributed by atoms with Gasteiger partial charge < -0.3 is 14.8 Å². The maximum atomic E-state index is 12.8. The molecule has 0 radical (unpaired) electrons. The summed E-state index contributed by atoms with van der Waals surface area (Å²) in [6.07, 6.45) is 20.5. The van der Waals surface area contributed by atoms with Gasteiger partial charge in [0.2, 0.25) is 6.41 Å². The van der Waals surface area contributed by atoms with Crippen LogP contribution in [0.5, 0.6) is 0 Å². The van der Waals surface area contributed by atoms with Gasteiger partial charge in [-0.1, -0.05) is 90.9 Å². The molecule has 6 nitrogen and oxygen atoms in total. The Morgan fingerprint density at radius 1 is 0.971 bits per heavy atom. The molecule has 1 N–H and O–H groups in total. The Morgan fingerprint density at radius 3 is 2.14 bits per heavy atom. The van der Waals surface area contributed by atoms with E-state index in [1.165, 1.54) is 57.8 Å². The number of rotatable bonds is 24. The summed E-state index contributed by atoms with van der Waals surface area (Å²) < 4.78 is 11.4. The minimum absolute atomic E-state index is 0.0726. The monoisotopic (exact) mass is 513 g/mol. The highest BCUT2D eigenvalue weighted by Gasteiger charge is 2.43. The Kier molecular flexibility index (Phi) is 19.0. The van der Waals surface area contributed by atoms with E-state index in [1.807, 2.05) is 6.26 Å². The molecule has 1 fully saturated rings. The molecule has 0 aliphatic carbocycles. The highest BCUT2D eigenvalue weighted by atomic mass is 32.2. The summed E-state index contributed by atoms with van der Waals surface area (Å²) in [5.41, 5.74) is 0. The minimum Gasteiger partial charge on any atom is -0.461 e. The summed E-state index contributed by atoms with van der Waals surface area (Å²) in [6.45, 7) is 4.42. The van der Waals surface area contributed by atoms with Crippen LogP contribution in [-0.2, 0) is 23.9 Å². The van der Waals surface area contributed by atoms with Gasteiger partial charge in [-0.15, -0.1) is 0 Å². The van der Waals surface area contributed by atoms with E-state index in [0.29, 0.717) is 19.3 Å². The number of carbonyl (C=O) groups is 3. The van der Waals surface area contributed by atoms with E-state index in [4.69, 9.17) is 9.47 Å². The van der Waals surface area contributed by atoms with Crippen LogP contribution in [0.3, 0.4) is 0 Å². The predicted molar refractivity (Wildman–Crippen MR) is 144 cm³/mol. The van der Waals surface area contributed by atoms with Crippen molar-refractivity contribution in [3.05, 3.63) is 0 Å². The molecule has 1 saturated heterocycles. The van der Waals surface area contributed by atoms with Gasteiger partial charge in [0, 0.05) is 6.42 Å². The average Bonchev–Trinajstić information content (AvgIpc) is 2.84. The Morgan fingerprint density at radius 2 is 1.57 bits per heavy atom. The zero-order valence-electron chi connectivity index (χ0n) is 22.6. The quantitative estimate of drug-likeness (QED) is 0.0891. The Hall–Kier alpha value is -1.24. The highest BCUT2D eigenvalue weighted by molar-refractivity contribution is 7.98. The SMILES string of the molecule is CCCCCCCCCCCC(CC1OC(=O)C1CCCCCC)OC(=O)C(CCSC)NC=O. The van der Waals surface area contributed by atoms with Crippen LogP contribution in [0.4, 0.5) is 0 Å². The zero-order valence-corrected chi connectivity index (χ0v) is 23.4. The number of esters is 2. The van der Waals surface area contributed by atoms with Crippen LogP contribution in [0, 0.1) is 5.92 Å². The van der Waals surface area contributed by atoms with Crippen LogP contribution < -0.4 is 5.32 Å². The number of nitrogens with one attached hydrogen (secondary N) is 1. The second-order valence-corrected chi connectivity index (χ2v) is 10.9. The third-order valence-corrected chi connectivity index (χ3v) is 7.60. The smallest absolute Gasteiger partial charge is 0.328 e. The molecule has 4 atom stereocenters. The van der Waals surface area contributed by atoms with Crippen LogP contribution in [0.25, 0.3) is 0 Å². The molecule has 0 bridgehead atoms. The third-order valence-electron chi connectivity index (χ3n) is 6.96. The second-order valence-electron chi connectivity index (χ2n) is 9.96. The van der Waals surface area contributed by atoms with Gasteiger partial charge in [0.25, 0.3) is 0 Å². The molecule has 7 heteroatoms. The molecule has 204 valence electrons. The van der Waals surface area contributed by atoms with E-state index >= 15 is 0 Å². The molecule has 1 aliphatic rings. The molecule has 4 unspecified atom stereocenters. The van der Waals surface area contributed by atoms with Gasteiger partial charge in [-0.2, -0.15) is 11.8 Å². The van der Waals surface area contributed by atoms with Crippen molar-refractivity contribution in [3.8, 4) is 0 Å². The zero-order chi connectivity index (χ0) is 25.7. The third kappa shape index (κ3) is 14.2. The van der Waals surface area contributed by atoms with Gasteiger partial charge in [0.15, 0.2) is 0 Å².